The van der Waals surface area contributed by atoms with E-state index in [1.807, 2.05) is 35.2 Å². The van der Waals surface area contributed by atoms with E-state index in [1.165, 1.54) is 6.20 Å². The highest BCUT2D eigenvalue weighted by atomic mass is 16.5. The number of nitrogens with zero attached hydrogens (tertiary/aromatic N) is 4. The van der Waals surface area contributed by atoms with Crippen molar-refractivity contribution in [1.82, 2.24) is 9.97 Å². The smallest absolute Gasteiger partial charge is 0.158 e. The second-order valence-corrected chi connectivity index (χ2v) is 5.21. The zero-order valence-electron chi connectivity index (χ0n) is 12.2. The van der Waals surface area contributed by atoms with E-state index in [-0.39, 0.29) is 11.7 Å². The first-order valence-electron chi connectivity index (χ1n) is 7.02. The maximum absolute atomic E-state index is 10.0. The van der Waals surface area contributed by atoms with E-state index in [0.717, 1.165) is 11.3 Å². The molecule has 2 atom stereocenters. The van der Waals surface area contributed by atoms with E-state index in [1.54, 1.807) is 13.3 Å². The van der Waals surface area contributed by atoms with Gasteiger partial charge in [0.25, 0.3) is 0 Å². The van der Waals surface area contributed by atoms with Crippen molar-refractivity contribution in [3.8, 4) is 11.8 Å². The van der Waals surface area contributed by atoms with Crippen LogP contribution in [0, 0.1) is 11.3 Å². The lowest BCUT2D eigenvalue weighted by molar-refractivity contribution is 0.194. The molecule has 1 N–H and O–H groups in total. The van der Waals surface area contributed by atoms with Gasteiger partial charge < -0.3 is 14.7 Å². The summed E-state index contributed by atoms with van der Waals surface area (Å²) in [5.41, 5.74) is 1.34. The molecule has 0 saturated carbocycles. The molecular formula is C16H16N4O2. The summed E-state index contributed by atoms with van der Waals surface area (Å²) in [6.07, 6.45) is 3.22. The van der Waals surface area contributed by atoms with E-state index >= 15 is 0 Å². The Morgan fingerprint density at radius 3 is 2.91 bits per heavy atom. The first kappa shape index (κ1) is 14.3. The third-order valence-corrected chi connectivity index (χ3v) is 3.80. The van der Waals surface area contributed by atoms with Gasteiger partial charge in [0.15, 0.2) is 5.69 Å². The predicted octanol–water partition coefficient (Wildman–Crippen LogP) is 1.67. The zero-order chi connectivity index (χ0) is 15.5. The number of methoxy groups -OCH3 is 1. The molecule has 0 radical (unpaired) electrons. The highest BCUT2D eigenvalue weighted by molar-refractivity contribution is 5.45. The fourth-order valence-corrected chi connectivity index (χ4v) is 2.76. The summed E-state index contributed by atoms with van der Waals surface area (Å²) < 4.78 is 5.27. The standard InChI is InChI=1S/C16H16N4O2/c1-22-14-4-2-3-11(5-14)15-6-13(21)10-20(15)16-9-18-12(7-17)8-19-16/h2-5,8-9,13,15,21H,6,10H2,1H3/t13-,15-/m0/s1. The van der Waals surface area contributed by atoms with E-state index in [2.05, 4.69) is 9.97 Å². The Morgan fingerprint density at radius 1 is 1.36 bits per heavy atom. The quantitative estimate of drug-likeness (QED) is 0.927. The summed E-state index contributed by atoms with van der Waals surface area (Å²) in [6.45, 7) is 0.489. The molecule has 1 saturated heterocycles. The molecule has 0 spiro atoms. The molecule has 2 aromatic rings. The van der Waals surface area contributed by atoms with Crippen LogP contribution in [0.15, 0.2) is 36.7 Å². The van der Waals surface area contributed by atoms with Crippen LogP contribution in [0.25, 0.3) is 0 Å². The number of β-amino-alcohol motifs (C(OH)–C–C–N with tert-alkyl or cyclic N) is 1. The van der Waals surface area contributed by atoms with Gasteiger partial charge in [0, 0.05) is 6.54 Å². The first-order chi connectivity index (χ1) is 10.7. The molecule has 6 nitrogen and oxygen atoms in total. The summed E-state index contributed by atoms with van der Waals surface area (Å²) in [7, 11) is 1.63. The molecule has 0 aliphatic carbocycles. The number of aromatic nitrogens is 2. The molecular weight excluding hydrogens is 280 g/mol. The Bertz CT molecular complexity index is 696. The molecule has 1 aliphatic rings. The summed E-state index contributed by atoms with van der Waals surface area (Å²) in [5, 5.41) is 18.9. The molecule has 6 heteroatoms. The van der Waals surface area contributed by atoms with Crippen molar-refractivity contribution < 1.29 is 9.84 Å². The number of aliphatic hydroxyl groups excluding tert-OH is 1. The lowest BCUT2D eigenvalue weighted by Crippen LogP contribution is -2.25. The second kappa shape index (κ2) is 6.00. The van der Waals surface area contributed by atoms with Gasteiger partial charge in [0.1, 0.15) is 17.6 Å². The Morgan fingerprint density at radius 2 is 2.23 bits per heavy atom. The highest BCUT2D eigenvalue weighted by Crippen LogP contribution is 2.36. The van der Waals surface area contributed by atoms with Crippen LogP contribution in [0.3, 0.4) is 0 Å². The number of anilines is 1. The van der Waals surface area contributed by atoms with Crippen molar-refractivity contribution in [1.29, 1.82) is 5.26 Å². The minimum absolute atomic E-state index is 0.00679. The number of hydrogen-bond acceptors (Lipinski definition) is 6. The van der Waals surface area contributed by atoms with Crippen molar-refractivity contribution in [2.45, 2.75) is 18.6 Å². The Hall–Kier alpha value is -2.65. The van der Waals surface area contributed by atoms with E-state index in [4.69, 9.17) is 10.00 Å². The van der Waals surface area contributed by atoms with Crippen LogP contribution in [0.5, 0.6) is 5.75 Å². The number of ether oxygens (including phenoxy) is 1. The van der Waals surface area contributed by atoms with Gasteiger partial charge >= 0.3 is 0 Å². The second-order valence-electron chi connectivity index (χ2n) is 5.21. The van der Waals surface area contributed by atoms with Crippen LogP contribution in [0.1, 0.15) is 23.7 Å². The normalized spacial score (nSPS) is 20.7. The van der Waals surface area contributed by atoms with Gasteiger partial charge in [-0.1, -0.05) is 12.1 Å². The fraction of sp³-hybridized carbons (Fsp3) is 0.312. The molecule has 1 aliphatic heterocycles. The van der Waals surface area contributed by atoms with Gasteiger partial charge in [-0.15, -0.1) is 0 Å². The Kier molecular flexibility index (Phi) is 3.90. The lowest BCUT2D eigenvalue weighted by Gasteiger charge is -2.25. The third kappa shape index (κ3) is 2.71. The minimum Gasteiger partial charge on any atom is -0.497 e. The van der Waals surface area contributed by atoms with Crippen LogP contribution >= 0.6 is 0 Å². The van der Waals surface area contributed by atoms with Gasteiger partial charge in [0.2, 0.25) is 0 Å². The zero-order valence-corrected chi connectivity index (χ0v) is 12.2. The summed E-state index contributed by atoms with van der Waals surface area (Å²) >= 11 is 0. The SMILES string of the molecule is COc1cccc([C@@H]2C[C@H](O)CN2c2cnc(C#N)cn2)c1. The average Bonchev–Trinajstić information content (AvgIpc) is 2.97. The van der Waals surface area contributed by atoms with Gasteiger partial charge in [0.05, 0.1) is 31.6 Å². The topological polar surface area (TPSA) is 82.3 Å². The van der Waals surface area contributed by atoms with Crippen LogP contribution in [-0.4, -0.2) is 34.8 Å². The minimum atomic E-state index is -0.423. The molecule has 1 aromatic carbocycles. The Labute approximate surface area is 128 Å². The molecule has 1 aromatic heterocycles. The summed E-state index contributed by atoms with van der Waals surface area (Å²) in [6, 6.07) is 9.76. The van der Waals surface area contributed by atoms with Crippen LogP contribution < -0.4 is 9.64 Å². The maximum Gasteiger partial charge on any atom is 0.158 e. The van der Waals surface area contributed by atoms with Gasteiger partial charge in [-0.25, -0.2) is 9.97 Å². The van der Waals surface area contributed by atoms with E-state index < -0.39 is 6.10 Å². The average molecular weight is 296 g/mol. The maximum atomic E-state index is 10.0. The van der Waals surface area contributed by atoms with E-state index in [0.29, 0.717) is 18.8 Å². The number of hydrogen-bond donors (Lipinski definition) is 1. The van der Waals surface area contributed by atoms with Crippen LogP contribution in [0.2, 0.25) is 0 Å². The first-order valence-corrected chi connectivity index (χ1v) is 7.02. The van der Waals surface area contributed by atoms with Crippen LogP contribution in [-0.2, 0) is 0 Å². The van der Waals surface area contributed by atoms with Crippen molar-refractivity contribution in [2.75, 3.05) is 18.6 Å². The van der Waals surface area contributed by atoms with Gasteiger partial charge in [-0.2, -0.15) is 5.26 Å². The van der Waals surface area contributed by atoms with Crippen LogP contribution in [0.4, 0.5) is 5.82 Å². The number of aliphatic hydroxyl groups is 1. The largest absolute Gasteiger partial charge is 0.497 e. The Balaban J connectivity index is 1.92. The molecule has 112 valence electrons. The monoisotopic (exact) mass is 296 g/mol. The molecule has 0 unspecified atom stereocenters. The molecule has 2 heterocycles. The van der Waals surface area contributed by atoms with Crippen molar-refractivity contribution >= 4 is 5.82 Å². The molecule has 1 fully saturated rings. The predicted molar refractivity (Wildman–Crippen MR) is 80.5 cm³/mol. The third-order valence-electron chi connectivity index (χ3n) is 3.80. The van der Waals surface area contributed by atoms with E-state index in [9.17, 15) is 5.11 Å². The lowest BCUT2D eigenvalue weighted by atomic mass is 10.0. The molecule has 0 amide bonds. The highest BCUT2D eigenvalue weighted by Gasteiger charge is 2.33. The van der Waals surface area contributed by atoms with Gasteiger partial charge in [-0.3, -0.25) is 0 Å². The van der Waals surface area contributed by atoms with Crippen molar-refractivity contribution in [3.63, 3.8) is 0 Å². The summed E-state index contributed by atoms with van der Waals surface area (Å²) in [5.74, 6) is 1.44. The van der Waals surface area contributed by atoms with Gasteiger partial charge in [-0.05, 0) is 24.1 Å². The summed E-state index contributed by atoms with van der Waals surface area (Å²) in [4.78, 5) is 10.3. The van der Waals surface area contributed by atoms with Crippen molar-refractivity contribution in [2.24, 2.45) is 0 Å². The number of benzene rings is 1. The number of rotatable bonds is 3. The number of nitriles is 1. The molecule has 3 rings (SSSR count). The fourth-order valence-electron chi connectivity index (χ4n) is 2.76. The molecule has 22 heavy (non-hydrogen) atoms. The molecule has 0 bridgehead atoms. The van der Waals surface area contributed by atoms with Crippen molar-refractivity contribution in [3.05, 3.63) is 47.9 Å².